The molecule has 30 heavy (non-hydrogen) atoms. The number of aromatic nitrogens is 4. The first kappa shape index (κ1) is 26.6. The Kier molecular flexibility index (Phi) is 13.7. The van der Waals surface area contributed by atoms with Gasteiger partial charge in [-0.1, -0.05) is 6.42 Å². The van der Waals surface area contributed by atoms with Crippen LogP contribution in [-0.4, -0.2) is 60.0 Å². The highest BCUT2D eigenvalue weighted by Gasteiger charge is 2.14. The van der Waals surface area contributed by atoms with Gasteiger partial charge in [0.25, 0.3) is 0 Å². The molecule has 2 rings (SSSR count). The van der Waals surface area contributed by atoms with E-state index in [1.165, 1.54) is 0 Å². The summed E-state index contributed by atoms with van der Waals surface area (Å²) in [5, 5.41) is 8.84. The second kappa shape index (κ2) is 15.5. The maximum absolute atomic E-state index is 10.8. The van der Waals surface area contributed by atoms with E-state index < -0.39 is 12.0 Å². The molecule has 0 saturated heterocycles. The molecule has 12 heteroatoms. The molecule has 2 heterocycles. The number of carboxylic acids is 1. The lowest BCUT2D eigenvalue weighted by Gasteiger charge is -2.22. The van der Waals surface area contributed by atoms with Gasteiger partial charge in [-0.2, -0.15) is 19.2 Å². The van der Waals surface area contributed by atoms with Crippen LogP contribution in [0.2, 0.25) is 0 Å². The lowest BCUT2D eigenvalue weighted by Crippen LogP contribution is -2.30. The summed E-state index contributed by atoms with van der Waals surface area (Å²) >= 11 is 0. The number of aryl methyl sites for hydroxylation is 2. The van der Waals surface area contributed by atoms with Crippen LogP contribution >= 0.6 is 0 Å². The third-order valence-electron chi connectivity index (χ3n) is 4.13. The Morgan fingerprint density at radius 3 is 1.80 bits per heavy atom. The second-order valence-corrected chi connectivity index (χ2v) is 6.23. The van der Waals surface area contributed by atoms with Crippen LogP contribution in [0.1, 0.15) is 30.9 Å². The minimum Gasteiger partial charge on any atom is -0.480 e. The van der Waals surface area contributed by atoms with Gasteiger partial charge in [0.1, 0.15) is 17.7 Å². The summed E-state index contributed by atoms with van der Waals surface area (Å²) in [6, 6.07) is -0.775. The molecule has 0 aliphatic heterocycles. The minimum atomic E-state index is -0.937. The minimum absolute atomic E-state index is 0.250. The fourth-order valence-corrected chi connectivity index (χ4v) is 2.53. The fraction of sp³-hybridized carbons (Fsp3) is 0.500. The van der Waals surface area contributed by atoms with Crippen LogP contribution in [0.15, 0.2) is 24.8 Å². The lowest BCUT2D eigenvalue weighted by atomic mass is 10.1. The highest BCUT2D eigenvalue weighted by Crippen LogP contribution is 2.10. The van der Waals surface area contributed by atoms with Crippen molar-refractivity contribution in [2.45, 2.75) is 38.4 Å². The van der Waals surface area contributed by atoms with E-state index >= 15 is 0 Å². The molecule has 12 nitrogen and oxygen atoms in total. The number of rotatable bonds is 10. The van der Waals surface area contributed by atoms with E-state index in [0.717, 1.165) is 44.1 Å². The van der Waals surface area contributed by atoms with Crippen molar-refractivity contribution in [1.29, 1.82) is 0 Å². The molecule has 0 bridgehead atoms. The van der Waals surface area contributed by atoms with E-state index in [9.17, 15) is 4.79 Å². The van der Waals surface area contributed by atoms with Crippen molar-refractivity contribution in [3.05, 3.63) is 36.4 Å². The SMILES string of the molecule is Cn1ccnc1CN(CCCCC(N)C(=O)O)Cc1nccn1C.O=C=O.O=C=O. The zero-order valence-electron chi connectivity index (χ0n) is 16.9. The Hall–Kier alpha value is -3.43. The maximum Gasteiger partial charge on any atom is 0.373 e. The number of nitrogens with zero attached hydrogens (tertiary/aromatic N) is 5. The van der Waals surface area contributed by atoms with Gasteiger partial charge < -0.3 is 20.0 Å². The third-order valence-corrected chi connectivity index (χ3v) is 4.13. The highest BCUT2D eigenvalue weighted by molar-refractivity contribution is 5.72. The van der Waals surface area contributed by atoms with Crippen LogP contribution in [0.3, 0.4) is 0 Å². The van der Waals surface area contributed by atoms with Gasteiger partial charge in [0.15, 0.2) is 0 Å². The molecule has 2 aromatic heterocycles. The van der Waals surface area contributed by atoms with Crippen molar-refractivity contribution in [1.82, 2.24) is 24.0 Å². The summed E-state index contributed by atoms with van der Waals surface area (Å²) in [4.78, 5) is 54.3. The van der Waals surface area contributed by atoms with E-state index in [2.05, 4.69) is 14.9 Å². The Morgan fingerprint density at radius 2 is 1.47 bits per heavy atom. The van der Waals surface area contributed by atoms with Crippen LogP contribution in [0.25, 0.3) is 0 Å². The topological polar surface area (TPSA) is 170 Å². The Balaban J connectivity index is 0.00000125. The quantitative estimate of drug-likeness (QED) is 0.479. The number of hydrogen-bond donors (Lipinski definition) is 2. The number of nitrogens with two attached hydrogens (primary N) is 1. The van der Waals surface area contributed by atoms with Crippen LogP contribution in [0.4, 0.5) is 0 Å². The molecule has 0 fully saturated rings. The smallest absolute Gasteiger partial charge is 0.373 e. The summed E-state index contributed by atoms with van der Waals surface area (Å²) in [5.41, 5.74) is 5.55. The van der Waals surface area contributed by atoms with Crippen LogP contribution in [0.5, 0.6) is 0 Å². The Bertz CT molecular complexity index is 767. The van der Waals surface area contributed by atoms with Crippen LogP contribution in [-0.2, 0) is 51.2 Å². The molecule has 0 amide bonds. The number of carboxylic acid groups (broad SMARTS) is 1. The van der Waals surface area contributed by atoms with Gasteiger partial charge in [-0.3, -0.25) is 9.69 Å². The number of hydrogen-bond acceptors (Lipinski definition) is 9. The molecular weight excluding hydrogens is 396 g/mol. The third kappa shape index (κ3) is 10.8. The van der Waals surface area contributed by atoms with Crippen molar-refractivity contribution in [2.24, 2.45) is 19.8 Å². The normalized spacial score (nSPS) is 10.7. The predicted molar refractivity (Wildman–Crippen MR) is 100 cm³/mol. The van der Waals surface area contributed by atoms with Gasteiger partial charge in [-0.25, -0.2) is 9.97 Å². The highest BCUT2D eigenvalue weighted by atomic mass is 16.4. The Morgan fingerprint density at radius 1 is 1.03 bits per heavy atom. The monoisotopic (exact) mass is 422 g/mol. The molecule has 0 aliphatic rings. The first-order valence-electron chi connectivity index (χ1n) is 8.92. The first-order chi connectivity index (χ1) is 14.3. The number of carbonyl (C=O) groups is 1. The molecule has 0 saturated carbocycles. The van der Waals surface area contributed by atoms with Crippen LogP contribution in [0, 0.1) is 0 Å². The molecule has 0 radical (unpaired) electrons. The maximum atomic E-state index is 10.8. The largest absolute Gasteiger partial charge is 0.480 e. The van der Waals surface area contributed by atoms with E-state index in [1.54, 1.807) is 12.4 Å². The zero-order chi connectivity index (χ0) is 22.9. The molecule has 1 unspecified atom stereocenters. The molecule has 2 aromatic rings. The summed E-state index contributed by atoms with van der Waals surface area (Å²) in [6.07, 6.45) is 10.1. The van der Waals surface area contributed by atoms with E-state index in [1.807, 2.05) is 35.6 Å². The molecule has 0 aliphatic carbocycles. The van der Waals surface area contributed by atoms with Crippen molar-refractivity contribution < 1.29 is 29.1 Å². The van der Waals surface area contributed by atoms with Crippen molar-refractivity contribution in [3.63, 3.8) is 0 Å². The average Bonchev–Trinajstić information content (AvgIpc) is 3.28. The van der Waals surface area contributed by atoms with Crippen molar-refractivity contribution in [3.8, 4) is 0 Å². The molecular formula is C18H26N6O6. The van der Waals surface area contributed by atoms with E-state index in [4.69, 9.17) is 30.0 Å². The van der Waals surface area contributed by atoms with Gasteiger partial charge in [-0.05, 0) is 19.4 Å². The number of unbranched alkanes of at least 4 members (excludes halogenated alkanes) is 1. The summed E-state index contributed by atoms with van der Waals surface area (Å²) in [7, 11) is 3.96. The summed E-state index contributed by atoms with van der Waals surface area (Å²) < 4.78 is 4.01. The summed E-state index contributed by atoms with van der Waals surface area (Å²) in [6.45, 7) is 2.29. The fourth-order valence-electron chi connectivity index (χ4n) is 2.53. The van der Waals surface area contributed by atoms with Gasteiger partial charge >= 0.3 is 18.3 Å². The van der Waals surface area contributed by atoms with Crippen LogP contribution < -0.4 is 5.73 Å². The summed E-state index contributed by atoms with van der Waals surface area (Å²) in [5.74, 6) is 1.05. The number of carbonyl (C=O) groups excluding carboxylic acids is 4. The molecule has 0 spiro atoms. The lowest BCUT2D eigenvalue weighted by molar-refractivity contribution is -0.193. The van der Waals surface area contributed by atoms with Gasteiger partial charge in [0.05, 0.1) is 13.1 Å². The number of imidazole rings is 2. The molecule has 3 N–H and O–H groups in total. The second-order valence-electron chi connectivity index (χ2n) is 6.23. The van der Waals surface area contributed by atoms with Gasteiger partial charge in [0.2, 0.25) is 0 Å². The predicted octanol–water partition coefficient (Wildman–Crippen LogP) is -0.429. The van der Waals surface area contributed by atoms with Gasteiger partial charge in [0, 0.05) is 38.9 Å². The molecule has 1 atom stereocenters. The average molecular weight is 422 g/mol. The van der Waals surface area contributed by atoms with E-state index in [0.29, 0.717) is 6.42 Å². The standard InChI is InChI=1S/C16H26N6O2.2CO2/c1-20-9-6-18-14(20)11-22(12-15-19-7-10-21(15)2)8-4-3-5-13(17)16(23)24;2*2-1-3/h6-7,9-10,13H,3-5,8,11-12,17H2,1-2H3,(H,23,24);;. The van der Waals surface area contributed by atoms with E-state index in [-0.39, 0.29) is 12.3 Å². The number of aliphatic carboxylic acids is 1. The Labute approximate surface area is 173 Å². The van der Waals surface area contributed by atoms with Crippen molar-refractivity contribution in [2.75, 3.05) is 6.54 Å². The first-order valence-corrected chi connectivity index (χ1v) is 8.92. The van der Waals surface area contributed by atoms with Gasteiger partial charge in [-0.15, -0.1) is 0 Å². The van der Waals surface area contributed by atoms with Crippen molar-refractivity contribution >= 4 is 18.3 Å². The molecule has 164 valence electrons. The molecule has 0 aromatic carbocycles. The zero-order valence-corrected chi connectivity index (χ0v) is 16.9.